The number of carboxylic acid groups (broad SMARTS) is 1. The highest BCUT2D eigenvalue weighted by atomic mass is 79.9. The molecule has 1 N–H and O–H groups in total. The third-order valence-electron chi connectivity index (χ3n) is 2.53. The average Bonchev–Trinajstić information content (AvgIpc) is 2.66. The molecule has 92 valence electrons. The van der Waals surface area contributed by atoms with E-state index in [4.69, 9.17) is 9.84 Å². The van der Waals surface area contributed by atoms with Crippen LogP contribution < -0.4 is 4.74 Å². The molecule has 0 aliphatic carbocycles. The van der Waals surface area contributed by atoms with Gasteiger partial charge in [-0.15, -0.1) is 0 Å². The summed E-state index contributed by atoms with van der Waals surface area (Å²) in [5.41, 5.74) is 1.23. The van der Waals surface area contributed by atoms with Crippen LogP contribution in [-0.2, 0) is 11.2 Å². The van der Waals surface area contributed by atoms with Crippen molar-refractivity contribution in [1.29, 1.82) is 0 Å². The maximum absolute atomic E-state index is 10.4. The van der Waals surface area contributed by atoms with Crippen molar-refractivity contribution in [1.82, 2.24) is 0 Å². The number of aliphatic carboxylic acids is 1. The Morgan fingerprint density at radius 2 is 2.41 bits per heavy atom. The molecule has 1 aromatic rings. The lowest BCUT2D eigenvalue weighted by atomic mass is 10.1. The molecular weight excluding hydrogens is 304 g/mol. The molecule has 3 nitrogen and oxygen atoms in total. The minimum absolute atomic E-state index is 0.179. The molecule has 1 atom stereocenters. The molecule has 0 bridgehead atoms. The van der Waals surface area contributed by atoms with Crippen molar-refractivity contribution in [3.63, 3.8) is 0 Å². The molecule has 2 rings (SSSR count). The van der Waals surface area contributed by atoms with E-state index in [0.717, 1.165) is 22.4 Å². The van der Waals surface area contributed by atoms with Crippen LogP contribution in [0.5, 0.6) is 5.75 Å². The molecule has 1 unspecified atom stereocenters. The summed E-state index contributed by atoms with van der Waals surface area (Å²) in [6.07, 6.45) is 1.31. The van der Waals surface area contributed by atoms with Crippen LogP contribution in [-0.4, -0.2) is 28.7 Å². The lowest BCUT2D eigenvalue weighted by Crippen LogP contribution is -2.16. The third kappa shape index (κ3) is 3.64. The van der Waals surface area contributed by atoms with E-state index in [-0.39, 0.29) is 12.5 Å². The van der Waals surface area contributed by atoms with E-state index >= 15 is 0 Å². The summed E-state index contributed by atoms with van der Waals surface area (Å²) in [5.74, 6) is 1.71. The summed E-state index contributed by atoms with van der Waals surface area (Å²) in [4.78, 5) is 10.4. The first-order valence-electron chi connectivity index (χ1n) is 5.40. The monoisotopic (exact) mass is 316 g/mol. The van der Waals surface area contributed by atoms with Gasteiger partial charge in [0.2, 0.25) is 0 Å². The van der Waals surface area contributed by atoms with E-state index in [1.165, 1.54) is 5.56 Å². The number of hydrogen-bond acceptors (Lipinski definition) is 3. The second-order valence-electron chi connectivity index (χ2n) is 3.91. The molecular formula is C12H13BrO3S. The van der Waals surface area contributed by atoms with E-state index < -0.39 is 5.97 Å². The third-order valence-corrected chi connectivity index (χ3v) is 4.12. The quantitative estimate of drug-likeness (QED) is 0.848. The van der Waals surface area contributed by atoms with E-state index in [9.17, 15) is 4.79 Å². The number of carboxylic acids is 1. The summed E-state index contributed by atoms with van der Waals surface area (Å²) in [6, 6.07) is 6.03. The van der Waals surface area contributed by atoms with Gasteiger partial charge in [-0.25, -0.2) is 0 Å². The van der Waals surface area contributed by atoms with Gasteiger partial charge in [0.15, 0.2) is 0 Å². The second-order valence-corrected chi connectivity index (χ2v) is 5.98. The standard InChI is InChI=1S/C12H13BrO3S/c13-9-1-2-11-8(5-9)6-10(16-11)7-17-4-3-12(14)15/h1-2,5,10H,3-4,6-7H2,(H,14,15). The smallest absolute Gasteiger partial charge is 0.304 e. The molecule has 17 heavy (non-hydrogen) atoms. The number of ether oxygens (including phenoxy) is 1. The van der Waals surface area contributed by atoms with Crippen molar-refractivity contribution >= 4 is 33.7 Å². The molecule has 0 amide bonds. The zero-order valence-electron chi connectivity index (χ0n) is 9.19. The Bertz CT molecular complexity index is 422. The fraction of sp³-hybridized carbons (Fsp3) is 0.417. The maximum Gasteiger partial charge on any atom is 0.304 e. The summed E-state index contributed by atoms with van der Waals surface area (Å²) >= 11 is 5.07. The van der Waals surface area contributed by atoms with Crippen molar-refractivity contribution < 1.29 is 14.6 Å². The maximum atomic E-state index is 10.4. The van der Waals surface area contributed by atoms with Crippen LogP contribution in [0, 0.1) is 0 Å². The van der Waals surface area contributed by atoms with E-state index in [1.807, 2.05) is 12.1 Å². The Kier molecular flexibility index (Phi) is 4.34. The fourth-order valence-electron chi connectivity index (χ4n) is 1.76. The first kappa shape index (κ1) is 12.8. The van der Waals surface area contributed by atoms with Gasteiger partial charge >= 0.3 is 5.97 Å². The normalized spacial score (nSPS) is 17.6. The minimum atomic E-state index is -0.739. The summed E-state index contributed by atoms with van der Waals surface area (Å²) < 4.78 is 6.85. The van der Waals surface area contributed by atoms with Crippen LogP contribution in [0.1, 0.15) is 12.0 Å². The molecule has 5 heteroatoms. The van der Waals surface area contributed by atoms with Gasteiger partial charge in [0.05, 0.1) is 6.42 Å². The number of carbonyl (C=O) groups is 1. The number of benzene rings is 1. The molecule has 0 fully saturated rings. The Morgan fingerprint density at radius 3 is 3.18 bits per heavy atom. The summed E-state index contributed by atoms with van der Waals surface area (Å²) in [6.45, 7) is 0. The first-order valence-corrected chi connectivity index (χ1v) is 7.34. The minimum Gasteiger partial charge on any atom is -0.489 e. The molecule has 1 heterocycles. The Morgan fingerprint density at radius 1 is 1.59 bits per heavy atom. The van der Waals surface area contributed by atoms with Crippen LogP contribution in [0.2, 0.25) is 0 Å². The predicted octanol–water partition coefficient (Wildman–Crippen LogP) is 2.96. The topological polar surface area (TPSA) is 46.5 Å². The Balaban J connectivity index is 1.78. The number of rotatable bonds is 5. The van der Waals surface area contributed by atoms with Gasteiger partial charge in [0.25, 0.3) is 0 Å². The molecule has 1 aliphatic heterocycles. The summed E-state index contributed by atoms with van der Waals surface area (Å²) in [5, 5.41) is 8.53. The Hall–Kier alpha value is -0.680. The highest BCUT2D eigenvalue weighted by Crippen LogP contribution is 2.32. The van der Waals surface area contributed by atoms with Gasteiger partial charge in [0.1, 0.15) is 11.9 Å². The van der Waals surface area contributed by atoms with Crippen molar-refractivity contribution in [2.45, 2.75) is 18.9 Å². The van der Waals surface area contributed by atoms with Crippen LogP contribution in [0.3, 0.4) is 0 Å². The zero-order chi connectivity index (χ0) is 12.3. The predicted molar refractivity (Wildman–Crippen MR) is 71.8 cm³/mol. The van der Waals surface area contributed by atoms with Crippen LogP contribution in [0.25, 0.3) is 0 Å². The van der Waals surface area contributed by atoms with Crippen molar-refractivity contribution in [3.05, 3.63) is 28.2 Å². The lowest BCUT2D eigenvalue weighted by Gasteiger charge is -2.09. The SMILES string of the molecule is O=C(O)CCSCC1Cc2cc(Br)ccc2O1. The molecule has 0 spiro atoms. The number of halogens is 1. The van der Waals surface area contributed by atoms with Crippen LogP contribution in [0.4, 0.5) is 0 Å². The summed E-state index contributed by atoms with van der Waals surface area (Å²) in [7, 11) is 0. The molecule has 0 saturated carbocycles. The van der Waals surface area contributed by atoms with Gasteiger partial charge in [-0.2, -0.15) is 11.8 Å². The average molecular weight is 317 g/mol. The molecule has 0 radical (unpaired) electrons. The number of thioether (sulfide) groups is 1. The lowest BCUT2D eigenvalue weighted by molar-refractivity contribution is -0.136. The van der Waals surface area contributed by atoms with Crippen LogP contribution in [0.15, 0.2) is 22.7 Å². The van der Waals surface area contributed by atoms with Crippen molar-refractivity contribution in [3.8, 4) is 5.75 Å². The second kappa shape index (κ2) is 5.78. The fourth-order valence-corrected chi connectivity index (χ4v) is 3.10. The van der Waals surface area contributed by atoms with Crippen LogP contribution >= 0.6 is 27.7 Å². The van der Waals surface area contributed by atoms with E-state index in [0.29, 0.717) is 5.75 Å². The van der Waals surface area contributed by atoms with Gasteiger partial charge in [-0.3, -0.25) is 4.79 Å². The van der Waals surface area contributed by atoms with Crippen molar-refractivity contribution in [2.24, 2.45) is 0 Å². The van der Waals surface area contributed by atoms with Gasteiger partial charge in [0, 0.05) is 22.4 Å². The largest absolute Gasteiger partial charge is 0.489 e. The molecule has 1 aromatic carbocycles. The highest BCUT2D eigenvalue weighted by Gasteiger charge is 2.22. The highest BCUT2D eigenvalue weighted by molar-refractivity contribution is 9.10. The molecule has 0 aromatic heterocycles. The zero-order valence-corrected chi connectivity index (χ0v) is 11.6. The van der Waals surface area contributed by atoms with Crippen molar-refractivity contribution in [2.75, 3.05) is 11.5 Å². The molecule has 1 aliphatic rings. The first-order chi connectivity index (χ1) is 8.15. The molecule has 0 saturated heterocycles. The van der Waals surface area contributed by atoms with Gasteiger partial charge in [-0.1, -0.05) is 15.9 Å². The number of fused-ring (bicyclic) bond motifs is 1. The van der Waals surface area contributed by atoms with Gasteiger partial charge in [-0.05, 0) is 23.8 Å². The number of hydrogen-bond donors (Lipinski definition) is 1. The Labute approximate surface area is 113 Å². The van der Waals surface area contributed by atoms with E-state index in [1.54, 1.807) is 11.8 Å². The van der Waals surface area contributed by atoms with E-state index in [2.05, 4.69) is 22.0 Å². The van der Waals surface area contributed by atoms with Gasteiger partial charge < -0.3 is 9.84 Å².